The summed E-state index contributed by atoms with van der Waals surface area (Å²) in [5, 5.41) is 3.46. The molecule has 15 heavy (non-hydrogen) atoms. The summed E-state index contributed by atoms with van der Waals surface area (Å²) in [7, 11) is 4.22. The Bertz CT molecular complexity index is 145. The highest BCUT2D eigenvalue weighted by Gasteiger charge is 2.12. The Balaban J connectivity index is 1.83. The van der Waals surface area contributed by atoms with Crippen molar-refractivity contribution in [3.05, 3.63) is 0 Å². The van der Waals surface area contributed by atoms with Crippen molar-refractivity contribution in [1.29, 1.82) is 0 Å². The fraction of sp³-hybridized carbons (Fsp3) is 1.00. The minimum absolute atomic E-state index is 0.550. The molecule has 3 heteroatoms. The van der Waals surface area contributed by atoms with Crippen LogP contribution in [0, 0.1) is 0 Å². The summed E-state index contributed by atoms with van der Waals surface area (Å²) in [5.74, 6) is 0. The molecule has 0 aromatic rings. The van der Waals surface area contributed by atoms with Gasteiger partial charge in [0.2, 0.25) is 0 Å². The van der Waals surface area contributed by atoms with Crippen LogP contribution >= 0.6 is 0 Å². The Morgan fingerprint density at radius 1 is 1.27 bits per heavy atom. The molecule has 1 aliphatic heterocycles. The molecule has 1 atom stereocenters. The second kappa shape index (κ2) is 8.08. The van der Waals surface area contributed by atoms with Crippen molar-refractivity contribution in [2.75, 3.05) is 40.3 Å². The highest BCUT2D eigenvalue weighted by molar-refractivity contribution is 4.64. The van der Waals surface area contributed by atoms with Gasteiger partial charge in [0.15, 0.2) is 0 Å². The zero-order valence-corrected chi connectivity index (χ0v) is 10.3. The average Bonchev–Trinajstić information content (AvgIpc) is 2.24. The lowest BCUT2D eigenvalue weighted by molar-refractivity contribution is 0.0102. The first-order chi connectivity index (χ1) is 7.29. The molecule has 3 nitrogen and oxygen atoms in total. The quantitative estimate of drug-likeness (QED) is 0.650. The Labute approximate surface area is 94.2 Å². The van der Waals surface area contributed by atoms with E-state index in [1.54, 1.807) is 0 Å². The molecule has 0 bridgehead atoms. The predicted octanol–water partition coefficient (Wildman–Crippen LogP) is 1.49. The van der Waals surface area contributed by atoms with Crippen molar-refractivity contribution in [2.45, 2.75) is 38.2 Å². The van der Waals surface area contributed by atoms with Crippen LogP contribution in [-0.4, -0.2) is 51.3 Å². The maximum atomic E-state index is 5.69. The van der Waals surface area contributed by atoms with Crippen LogP contribution in [0.1, 0.15) is 32.1 Å². The smallest absolute Gasteiger partial charge is 0.0575 e. The van der Waals surface area contributed by atoms with Crippen LogP contribution in [0.3, 0.4) is 0 Å². The van der Waals surface area contributed by atoms with Crippen molar-refractivity contribution in [3.63, 3.8) is 0 Å². The molecule has 0 aromatic carbocycles. The topological polar surface area (TPSA) is 24.5 Å². The van der Waals surface area contributed by atoms with Gasteiger partial charge in [-0.15, -0.1) is 0 Å². The van der Waals surface area contributed by atoms with E-state index in [1.165, 1.54) is 32.1 Å². The van der Waals surface area contributed by atoms with E-state index < -0.39 is 0 Å². The lowest BCUT2D eigenvalue weighted by atomic mass is 10.0. The van der Waals surface area contributed by atoms with E-state index in [2.05, 4.69) is 24.3 Å². The molecule has 0 aromatic heterocycles. The maximum absolute atomic E-state index is 5.69. The molecular weight excluding hydrogens is 188 g/mol. The van der Waals surface area contributed by atoms with Crippen LogP contribution in [0.2, 0.25) is 0 Å². The first kappa shape index (κ1) is 12.9. The maximum Gasteiger partial charge on any atom is 0.0575 e. The van der Waals surface area contributed by atoms with Gasteiger partial charge in [0.05, 0.1) is 6.10 Å². The molecule has 1 aliphatic rings. The number of hydrogen-bond donors (Lipinski definition) is 1. The van der Waals surface area contributed by atoms with Crippen LogP contribution in [0.25, 0.3) is 0 Å². The summed E-state index contributed by atoms with van der Waals surface area (Å²) in [6.07, 6.45) is 6.93. The molecule has 0 aliphatic carbocycles. The van der Waals surface area contributed by atoms with Gasteiger partial charge in [0, 0.05) is 19.7 Å². The number of nitrogens with one attached hydrogen (secondary N) is 1. The SMILES string of the molecule is CN(C)CCNCCCC1CCCCO1. The number of rotatable bonds is 7. The monoisotopic (exact) mass is 214 g/mol. The number of ether oxygens (including phenoxy) is 1. The molecule has 90 valence electrons. The zero-order valence-electron chi connectivity index (χ0n) is 10.3. The lowest BCUT2D eigenvalue weighted by Crippen LogP contribution is -2.28. The first-order valence-corrected chi connectivity index (χ1v) is 6.26. The van der Waals surface area contributed by atoms with Crippen LogP contribution in [0.5, 0.6) is 0 Å². The van der Waals surface area contributed by atoms with Gasteiger partial charge in [-0.2, -0.15) is 0 Å². The van der Waals surface area contributed by atoms with Crippen LogP contribution in [0.4, 0.5) is 0 Å². The highest BCUT2D eigenvalue weighted by Crippen LogP contribution is 2.16. The molecule has 1 fully saturated rings. The van der Waals surface area contributed by atoms with Gasteiger partial charge >= 0.3 is 0 Å². The first-order valence-electron chi connectivity index (χ1n) is 6.26. The summed E-state index contributed by atoms with van der Waals surface area (Å²) in [6.45, 7) is 4.34. The predicted molar refractivity (Wildman–Crippen MR) is 64.2 cm³/mol. The lowest BCUT2D eigenvalue weighted by Gasteiger charge is -2.22. The van der Waals surface area contributed by atoms with E-state index in [0.717, 1.165) is 26.2 Å². The second-order valence-corrected chi connectivity index (χ2v) is 4.68. The van der Waals surface area contributed by atoms with E-state index in [0.29, 0.717) is 6.10 Å². The number of likely N-dealkylation sites (N-methyl/N-ethyl adjacent to an activating group) is 1. The van der Waals surface area contributed by atoms with E-state index in [9.17, 15) is 0 Å². The average molecular weight is 214 g/mol. The summed E-state index contributed by atoms with van der Waals surface area (Å²) in [4.78, 5) is 2.21. The summed E-state index contributed by atoms with van der Waals surface area (Å²) < 4.78 is 5.69. The molecule has 0 radical (unpaired) electrons. The molecule has 1 rings (SSSR count). The number of hydrogen-bond acceptors (Lipinski definition) is 3. The number of nitrogens with zero attached hydrogens (tertiary/aromatic N) is 1. The van der Waals surface area contributed by atoms with Crippen molar-refractivity contribution < 1.29 is 4.74 Å². The molecule has 0 saturated carbocycles. The standard InChI is InChI=1S/C12H26N2O/c1-14(2)10-9-13-8-5-7-12-6-3-4-11-15-12/h12-13H,3-11H2,1-2H3. The Morgan fingerprint density at radius 3 is 2.80 bits per heavy atom. The van der Waals surface area contributed by atoms with Crippen LogP contribution in [-0.2, 0) is 4.74 Å². The normalized spacial score (nSPS) is 22.2. The Kier molecular flexibility index (Phi) is 6.98. The molecule has 1 unspecified atom stereocenters. The fourth-order valence-corrected chi connectivity index (χ4v) is 1.92. The van der Waals surface area contributed by atoms with E-state index in [-0.39, 0.29) is 0 Å². The van der Waals surface area contributed by atoms with Crippen molar-refractivity contribution in [3.8, 4) is 0 Å². The minimum Gasteiger partial charge on any atom is -0.378 e. The van der Waals surface area contributed by atoms with Crippen molar-refractivity contribution in [2.24, 2.45) is 0 Å². The van der Waals surface area contributed by atoms with Crippen molar-refractivity contribution in [1.82, 2.24) is 10.2 Å². The largest absolute Gasteiger partial charge is 0.378 e. The molecule has 1 heterocycles. The van der Waals surface area contributed by atoms with Gasteiger partial charge < -0.3 is 15.0 Å². The van der Waals surface area contributed by atoms with Gasteiger partial charge in [-0.05, 0) is 52.7 Å². The van der Waals surface area contributed by atoms with Gasteiger partial charge in [-0.1, -0.05) is 0 Å². The minimum atomic E-state index is 0.550. The third-order valence-corrected chi connectivity index (χ3v) is 2.89. The van der Waals surface area contributed by atoms with E-state index in [1.807, 2.05) is 0 Å². The van der Waals surface area contributed by atoms with Gasteiger partial charge in [-0.25, -0.2) is 0 Å². The molecular formula is C12H26N2O. The molecule has 1 N–H and O–H groups in total. The second-order valence-electron chi connectivity index (χ2n) is 4.68. The Hall–Kier alpha value is -0.120. The van der Waals surface area contributed by atoms with E-state index in [4.69, 9.17) is 4.74 Å². The van der Waals surface area contributed by atoms with Gasteiger partial charge in [-0.3, -0.25) is 0 Å². The van der Waals surface area contributed by atoms with E-state index >= 15 is 0 Å². The van der Waals surface area contributed by atoms with Crippen LogP contribution in [0.15, 0.2) is 0 Å². The fourth-order valence-electron chi connectivity index (χ4n) is 1.92. The summed E-state index contributed by atoms with van der Waals surface area (Å²) in [5.41, 5.74) is 0. The summed E-state index contributed by atoms with van der Waals surface area (Å²) in [6, 6.07) is 0. The van der Waals surface area contributed by atoms with Gasteiger partial charge in [0.1, 0.15) is 0 Å². The Morgan fingerprint density at radius 2 is 2.13 bits per heavy atom. The zero-order chi connectivity index (χ0) is 10.9. The third-order valence-electron chi connectivity index (χ3n) is 2.89. The third kappa shape index (κ3) is 6.88. The molecule has 1 saturated heterocycles. The van der Waals surface area contributed by atoms with Gasteiger partial charge in [0.25, 0.3) is 0 Å². The molecule has 0 amide bonds. The molecule has 0 spiro atoms. The summed E-state index contributed by atoms with van der Waals surface area (Å²) >= 11 is 0. The van der Waals surface area contributed by atoms with Crippen molar-refractivity contribution >= 4 is 0 Å². The van der Waals surface area contributed by atoms with Crippen LogP contribution < -0.4 is 5.32 Å². The highest BCUT2D eigenvalue weighted by atomic mass is 16.5.